The van der Waals surface area contributed by atoms with Crippen molar-refractivity contribution in [2.75, 3.05) is 0 Å². The fraction of sp³-hybridized carbons (Fsp3) is 0.769. The van der Waals surface area contributed by atoms with Crippen LogP contribution in [0, 0.1) is 6.92 Å². The Morgan fingerprint density at radius 3 is 2.40 bits per heavy atom. The summed E-state index contributed by atoms with van der Waals surface area (Å²) < 4.78 is 2.16. The average molecular weight is 210 g/mol. The van der Waals surface area contributed by atoms with Crippen molar-refractivity contribution in [2.24, 2.45) is 0 Å². The van der Waals surface area contributed by atoms with Gasteiger partial charge in [0.05, 0.1) is 6.20 Å². The van der Waals surface area contributed by atoms with Crippen LogP contribution in [0.25, 0.3) is 0 Å². The third-order valence-corrected chi connectivity index (χ3v) is 2.55. The molecule has 1 aromatic heterocycles. The molecule has 1 aliphatic heterocycles. The Labute approximate surface area is 94.7 Å². The van der Waals surface area contributed by atoms with Crippen LogP contribution in [0.2, 0.25) is 0 Å². The molecular weight excluding hydrogens is 184 g/mol. The highest BCUT2D eigenvalue weighted by atomic mass is 15.3. The van der Waals surface area contributed by atoms with Gasteiger partial charge in [-0.2, -0.15) is 5.10 Å². The van der Waals surface area contributed by atoms with Crippen molar-refractivity contribution in [2.45, 2.75) is 66.8 Å². The molecule has 2 heteroatoms. The van der Waals surface area contributed by atoms with Crippen molar-refractivity contribution < 1.29 is 0 Å². The van der Waals surface area contributed by atoms with Crippen LogP contribution in [-0.4, -0.2) is 9.78 Å². The molecule has 88 valence electrons. The molecule has 0 saturated carbocycles. The smallest absolute Gasteiger partial charge is 0.0521 e. The van der Waals surface area contributed by atoms with Crippen LogP contribution < -0.4 is 0 Å². The summed E-state index contributed by atoms with van der Waals surface area (Å²) in [5.74, 6) is 0.714. The van der Waals surface area contributed by atoms with Gasteiger partial charge in [-0.3, -0.25) is 4.68 Å². The van der Waals surface area contributed by atoms with Gasteiger partial charge < -0.3 is 0 Å². The molecule has 2 rings (SSSR count). The van der Waals surface area contributed by atoms with Gasteiger partial charge in [0.2, 0.25) is 0 Å². The Hall–Kier alpha value is -0.790. The number of hydrogen-bond donors (Lipinski definition) is 0. The van der Waals surface area contributed by atoms with E-state index in [1.54, 1.807) is 0 Å². The summed E-state index contributed by atoms with van der Waals surface area (Å²) in [6.07, 6.45) is 4.60. The predicted molar refractivity (Wildman–Crippen MR) is 67.3 cm³/mol. The quantitative estimate of drug-likeness (QED) is 0.629. The van der Waals surface area contributed by atoms with Crippen LogP contribution >= 0.6 is 0 Å². The topological polar surface area (TPSA) is 17.8 Å². The van der Waals surface area contributed by atoms with Crippen LogP contribution in [-0.2, 0) is 6.54 Å². The highest BCUT2D eigenvalue weighted by Gasteiger charge is 2.18. The second-order valence-electron chi connectivity index (χ2n) is 3.48. The first-order chi connectivity index (χ1) is 7.29. The number of aromatic nitrogens is 2. The third kappa shape index (κ3) is 3.37. The lowest BCUT2D eigenvalue weighted by Crippen LogP contribution is -2.14. The largest absolute Gasteiger partial charge is 0.269 e. The SMILES string of the molecule is CC.CC.Cc1cnn2c1C(C)CCC2. The van der Waals surface area contributed by atoms with Crippen molar-refractivity contribution in [3.8, 4) is 0 Å². The number of fused-ring (bicyclic) bond motifs is 1. The molecule has 2 heterocycles. The van der Waals surface area contributed by atoms with Gasteiger partial charge >= 0.3 is 0 Å². The maximum atomic E-state index is 4.32. The van der Waals surface area contributed by atoms with E-state index in [2.05, 4.69) is 23.6 Å². The molecule has 1 atom stereocenters. The lowest BCUT2D eigenvalue weighted by atomic mass is 9.96. The molecule has 0 bridgehead atoms. The van der Waals surface area contributed by atoms with Crippen LogP contribution in [0.3, 0.4) is 0 Å². The Bertz CT molecular complexity index is 263. The van der Waals surface area contributed by atoms with Crippen LogP contribution in [0.1, 0.15) is 64.6 Å². The standard InChI is InChI=1S/C9H14N2.2C2H6/c1-7-4-3-5-11-9(7)8(2)6-10-11;2*1-2/h6-7H,3-5H2,1-2H3;2*1-2H3. The third-order valence-electron chi connectivity index (χ3n) is 2.55. The van der Waals surface area contributed by atoms with E-state index in [1.165, 1.54) is 24.1 Å². The van der Waals surface area contributed by atoms with Crippen molar-refractivity contribution in [3.63, 3.8) is 0 Å². The molecule has 0 aromatic carbocycles. The van der Waals surface area contributed by atoms with Crippen molar-refractivity contribution in [3.05, 3.63) is 17.5 Å². The lowest BCUT2D eigenvalue weighted by molar-refractivity contribution is 0.439. The van der Waals surface area contributed by atoms with Gasteiger partial charge in [0.1, 0.15) is 0 Å². The number of nitrogens with zero attached hydrogens (tertiary/aromatic N) is 2. The zero-order valence-electron chi connectivity index (χ0n) is 11.2. The number of rotatable bonds is 0. The Morgan fingerprint density at radius 1 is 1.27 bits per heavy atom. The lowest BCUT2D eigenvalue weighted by Gasteiger charge is -2.20. The van der Waals surface area contributed by atoms with Crippen molar-refractivity contribution >= 4 is 0 Å². The minimum atomic E-state index is 0.714. The molecule has 0 aliphatic carbocycles. The monoisotopic (exact) mass is 210 g/mol. The highest BCUT2D eigenvalue weighted by Crippen LogP contribution is 2.28. The van der Waals surface area contributed by atoms with E-state index in [0.717, 1.165) is 6.54 Å². The summed E-state index contributed by atoms with van der Waals surface area (Å²) in [7, 11) is 0. The molecule has 0 N–H and O–H groups in total. The van der Waals surface area contributed by atoms with Gasteiger partial charge in [-0.1, -0.05) is 34.6 Å². The molecule has 2 nitrogen and oxygen atoms in total. The van der Waals surface area contributed by atoms with Gasteiger partial charge in [0.15, 0.2) is 0 Å². The van der Waals surface area contributed by atoms with Crippen LogP contribution in [0.4, 0.5) is 0 Å². The molecule has 15 heavy (non-hydrogen) atoms. The maximum absolute atomic E-state index is 4.32. The second kappa shape index (κ2) is 7.49. The first-order valence-electron chi connectivity index (χ1n) is 6.31. The Kier molecular flexibility index (Phi) is 7.10. The summed E-state index contributed by atoms with van der Waals surface area (Å²) in [6, 6.07) is 0. The van der Waals surface area contributed by atoms with Crippen molar-refractivity contribution in [1.82, 2.24) is 9.78 Å². The summed E-state index contributed by atoms with van der Waals surface area (Å²) in [4.78, 5) is 0. The Balaban J connectivity index is 0.000000442. The summed E-state index contributed by atoms with van der Waals surface area (Å²) in [5.41, 5.74) is 2.81. The van der Waals surface area contributed by atoms with E-state index in [0.29, 0.717) is 5.92 Å². The van der Waals surface area contributed by atoms with Gasteiger partial charge in [-0.25, -0.2) is 0 Å². The molecular formula is C13H26N2. The summed E-state index contributed by atoms with van der Waals surface area (Å²) in [5, 5.41) is 4.32. The molecule has 1 unspecified atom stereocenters. The molecule has 1 aliphatic rings. The average Bonchev–Trinajstić information content (AvgIpc) is 2.68. The highest BCUT2D eigenvalue weighted by molar-refractivity contribution is 5.20. The molecule has 0 fully saturated rings. The van der Waals surface area contributed by atoms with Gasteiger partial charge in [-0.05, 0) is 31.2 Å². The van der Waals surface area contributed by atoms with E-state index in [-0.39, 0.29) is 0 Å². The summed E-state index contributed by atoms with van der Waals surface area (Å²) >= 11 is 0. The fourth-order valence-corrected chi connectivity index (χ4v) is 1.99. The molecule has 0 spiro atoms. The minimum absolute atomic E-state index is 0.714. The van der Waals surface area contributed by atoms with E-state index in [9.17, 15) is 0 Å². The van der Waals surface area contributed by atoms with Crippen LogP contribution in [0.5, 0.6) is 0 Å². The fourth-order valence-electron chi connectivity index (χ4n) is 1.99. The zero-order valence-corrected chi connectivity index (χ0v) is 11.2. The maximum Gasteiger partial charge on any atom is 0.0521 e. The normalized spacial score (nSPS) is 17.9. The summed E-state index contributed by atoms with van der Waals surface area (Å²) in [6.45, 7) is 13.6. The second-order valence-corrected chi connectivity index (χ2v) is 3.48. The van der Waals surface area contributed by atoms with Gasteiger partial charge in [0.25, 0.3) is 0 Å². The number of hydrogen-bond acceptors (Lipinski definition) is 1. The molecule has 0 saturated heterocycles. The first-order valence-corrected chi connectivity index (χ1v) is 6.31. The van der Waals surface area contributed by atoms with E-state index < -0.39 is 0 Å². The van der Waals surface area contributed by atoms with E-state index in [4.69, 9.17) is 0 Å². The van der Waals surface area contributed by atoms with Crippen molar-refractivity contribution in [1.29, 1.82) is 0 Å². The zero-order chi connectivity index (χ0) is 11.8. The van der Waals surface area contributed by atoms with E-state index >= 15 is 0 Å². The minimum Gasteiger partial charge on any atom is -0.269 e. The van der Waals surface area contributed by atoms with Gasteiger partial charge in [-0.15, -0.1) is 0 Å². The molecule has 0 amide bonds. The number of aryl methyl sites for hydroxylation is 2. The van der Waals surface area contributed by atoms with E-state index in [1.807, 2.05) is 33.9 Å². The van der Waals surface area contributed by atoms with Crippen LogP contribution in [0.15, 0.2) is 6.20 Å². The molecule has 1 aromatic rings. The molecule has 0 radical (unpaired) electrons. The Morgan fingerprint density at radius 2 is 1.87 bits per heavy atom. The predicted octanol–water partition coefficient (Wildman–Crippen LogP) is 4.14. The first kappa shape index (κ1) is 14.2. The van der Waals surface area contributed by atoms with Gasteiger partial charge in [0, 0.05) is 12.2 Å².